The van der Waals surface area contributed by atoms with Crippen LogP contribution in [-0.2, 0) is 28.6 Å². The molecule has 1 atom stereocenters. The maximum Gasteiger partial charge on any atom is 0.306 e. The Morgan fingerprint density at radius 1 is 0.280 bits per heavy atom. The first-order valence-electron chi connectivity index (χ1n) is 31.0. The fourth-order valence-electron chi connectivity index (χ4n) is 8.34. The van der Waals surface area contributed by atoms with E-state index in [1.165, 1.54) is 89.9 Å². The summed E-state index contributed by atoms with van der Waals surface area (Å²) in [4.78, 5) is 38.3. The van der Waals surface area contributed by atoms with Crippen molar-refractivity contribution >= 4 is 17.9 Å². The van der Waals surface area contributed by atoms with E-state index in [0.29, 0.717) is 19.3 Å². The van der Waals surface area contributed by atoms with E-state index in [1.807, 2.05) is 0 Å². The first-order chi connectivity index (χ1) is 37.0. The molecule has 0 saturated carbocycles. The van der Waals surface area contributed by atoms with Crippen molar-refractivity contribution in [2.24, 2.45) is 0 Å². The van der Waals surface area contributed by atoms with E-state index in [1.54, 1.807) is 0 Å². The van der Waals surface area contributed by atoms with Gasteiger partial charge in [0.2, 0.25) is 0 Å². The third-order valence-corrected chi connectivity index (χ3v) is 12.9. The van der Waals surface area contributed by atoms with Gasteiger partial charge in [0.1, 0.15) is 13.2 Å². The lowest BCUT2D eigenvalue weighted by Gasteiger charge is -2.18. The van der Waals surface area contributed by atoms with Crippen LogP contribution in [0.3, 0.4) is 0 Å². The van der Waals surface area contributed by atoms with Crippen LogP contribution in [0.1, 0.15) is 278 Å². The SMILES string of the molecule is CC/C=C\C/C=C\C/C=C\C/C=C\CCCCCCC(=O)OC(COC(=O)CCCCCCC/C=C\C/C=C\C/C=C\CC)COC(=O)CCCCCCCCCCCC/C=C\C/C=C\C/C=C\CCCCCCC. The van der Waals surface area contributed by atoms with Crippen LogP contribution in [0, 0.1) is 0 Å². The average Bonchev–Trinajstić information content (AvgIpc) is 3.41. The van der Waals surface area contributed by atoms with Gasteiger partial charge in [-0.3, -0.25) is 14.4 Å². The molecule has 0 aliphatic carbocycles. The van der Waals surface area contributed by atoms with E-state index < -0.39 is 6.10 Å². The van der Waals surface area contributed by atoms with Gasteiger partial charge < -0.3 is 14.2 Å². The standard InChI is InChI=1S/C69H114O6/c1-4-7-10-13-16-19-22-25-28-30-31-32-33-34-35-36-37-39-41-44-47-50-53-56-59-62-68(71)74-65-66(64-73-67(70)61-58-55-52-49-46-43-40-27-24-21-18-15-12-9-6-3)75-69(72)63-60-57-54-51-48-45-42-38-29-26-23-20-17-14-11-8-5-2/h8-9,11-12,17-18,20-22,25-27,29-31,33-34,40,42,45,66H,4-7,10,13-16,19,23-24,28,32,35-39,41,43-44,46-65H2,1-3H3/b11-8-,12-9-,20-17-,21-18-,25-22-,29-26-,31-30-,34-33-,40-27-,45-42-. The van der Waals surface area contributed by atoms with E-state index in [0.717, 1.165) is 148 Å². The molecule has 0 saturated heterocycles. The highest BCUT2D eigenvalue weighted by atomic mass is 16.6. The van der Waals surface area contributed by atoms with Gasteiger partial charge in [-0.1, -0.05) is 251 Å². The highest BCUT2D eigenvalue weighted by Crippen LogP contribution is 2.15. The largest absolute Gasteiger partial charge is 0.462 e. The third kappa shape index (κ3) is 60.6. The molecule has 0 aliphatic rings. The molecule has 0 aromatic carbocycles. The number of allylic oxidation sites excluding steroid dienone is 20. The van der Waals surface area contributed by atoms with Crippen LogP contribution in [0.4, 0.5) is 0 Å². The van der Waals surface area contributed by atoms with Crippen molar-refractivity contribution < 1.29 is 28.6 Å². The highest BCUT2D eigenvalue weighted by molar-refractivity contribution is 5.71. The predicted octanol–water partition coefficient (Wildman–Crippen LogP) is 21.2. The molecule has 6 heteroatoms. The van der Waals surface area contributed by atoms with Crippen molar-refractivity contribution in [2.45, 2.75) is 284 Å². The van der Waals surface area contributed by atoms with E-state index in [4.69, 9.17) is 14.2 Å². The molecule has 426 valence electrons. The normalized spacial score (nSPS) is 12.9. The zero-order chi connectivity index (χ0) is 54.3. The molecule has 0 spiro atoms. The molecule has 75 heavy (non-hydrogen) atoms. The summed E-state index contributed by atoms with van der Waals surface area (Å²) < 4.78 is 16.9. The Hall–Kier alpha value is -4.19. The number of rotatable bonds is 55. The predicted molar refractivity (Wildman–Crippen MR) is 325 cm³/mol. The lowest BCUT2D eigenvalue weighted by atomic mass is 10.1. The summed E-state index contributed by atoms with van der Waals surface area (Å²) in [6.45, 7) is 6.37. The zero-order valence-corrected chi connectivity index (χ0v) is 48.8. The van der Waals surface area contributed by atoms with Gasteiger partial charge in [0.15, 0.2) is 6.10 Å². The second-order valence-electron chi connectivity index (χ2n) is 20.2. The Kier molecular flexibility index (Phi) is 58.9. The van der Waals surface area contributed by atoms with Crippen molar-refractivity contribution in [3.63, 3.8) is 0 Å². The number of hydrogen-bond acceptors (Lipinski definition) is 6. The molecule has 0 aliphatic heterocycles. The van der Waals surface area contributed by atoms with Crippen molar-refractivity contribution in [1.82, 2.24) is 0 Å². The smallest absolute Gasteiger partial charge is 0.306 e. The lowest BCUT2D eigenvalue weighted by Crippen LogP contribution is -2.30. The van der Waals surface area contributed by atoms with E-state index in [9.17, 15) is 14.4 Å². The summed E-state index contributed by atoms with van der Waals surface area (Å²) in [5, 5.41) is 0. The second kappa shape index (κ2) is 62.4. The van der Waals surface area contributed by atoms with Gasteiger partial charge in [-0.15, -0.1) is 0 Å². The Morgan fingerprint density at radius 2 is 0.520 bits per heavy atom. The summed E-state index contributed by atoms with van der Waals surface area (Å²) in [5.41, 5.74) is 0. The summed E-state index contributed by atoms with van der Waals surface area (Å²) in [6, 6.07) is 0. The van der Waals surface area contributed by atoms with Crippen LogP contribution in [-0.4, -0.2) is 37.2 Å². The van der Waals surface area contributed by atoms with Crippen molar-refractivity contribution in [2.75, 3.05) is 13.2 Å². The van der Waals surface area contributed by atoms with Crippen LogP contribution < -0.4 is 0 Å². The molecular formula is C69H114O6. The Bertz CT molecular complexity index is 1570. The summed E-state index contributed by atoms with van der Waals surface area (Å²) in [5.74, 6) is -0.942. The number of ether oxygens (including phenoxy) is 3. The maximum atomic E-state index is 12.9. The Labute approximate surface area is 462 Å². The molecule has 0 N–H and O–H groups in total. The van der Waals surface area contributed by atoms with E-state index >= 15 is 0 Å². The van der Waals surface area contributed by atoms with Crippen molar-refractivity contribution in [3.05, 3.63) is 122 Å². The zero-order valence-electron chi connectivity index (χ0n) is 48.8. The monoisotopic (exact) mass is 1040 g/mol. The lowest BCUT2D eigenvalue weighted by molar-refractivity contribution is -0.167. The molecule has 0 aromatic heterocycles. The van der Waals surface area contributed by atoms with E-state index in [2.05, 4.69) is 142 Å². The van der Waals surface area contributed by atoms with Crippen LogP contribution in [0.2, 0.25) is 0 Å². The third-order valence-electron chi connectivity index (χ3n) is 12.9. The highest BCUT2D eigenvalue weighted by Gasteiger charge is 2.19. The average molecular weight is 1040 g/mol. The minimum atomic E-state index is -0.805. The second-order valence-corrected chi connectivity index (χ2v) is 20.2. The molecule has 0 bridgehead atoms. The van der Waals surface area contributed by atoms with Gasteiger partial charge in [0.25, 0.3) is 0 Å². The first kappa shape index (κ1) is 70.8. The molecule has 0 aromatic rings. The molecule has 0 radical (unpaired) electrons. The van der Waals surface area contributed by atoms with Crippen LogP contribution >= 0.6 is 0 Å². The van der Waals surface area contributed by atoms with E-state index in [-0.39, 0.29) is 31.1 Å². The quantitative estimate of drug-likeness (QED) is 0.0261. The number of carbonyl (C=O) groups is 3. The first-order valence-corrected chi connectivity index (χ1v) is 31.0. The fourth-order valence-corrected chi connectivity index (χ4v) is 8.34. The Balaban J connectivity index is 4.40. The van der Waals surface area contributed by atoms with Gasteiger partial charge in [-0.25, -0.2) is 0 Å². The van der Waals surface area contributed by atoms with Gasteiger partial charge >= 0.3 is 17.9 Å². The van der Waals surface area contributed by atoms with Crippen molar-refractivity contribution in [1.29, 1.82) is 0 Å². The molecule has 0 heterocycles. The summed E-state index contributed by atoms with van der Waals surface area (Å²) in [7, 11) is 0. The minimum Gasteiger partial charge on any atom is -0.462 e. The minimum absolute atomic E-state index is 0.0984. The maximum absolute atomic E-state index is 12.9. The molecule has 0 amide bonds. The Morgan fingerprint density at radius 3 is 0.813 bits per heavy atom. The topological polar surface area (TPSA) is 78.9 Å². The van der Waals surface area contributed by atoms with Gasteiger partial charge in [-0.2, -0.15) is 0 Å². The van der Waals surface area contributed by atoms with Crippen molar-refractivity contribution in [3.8, 4) is 0 Å². The molecule has 0 fully saturated rings. The number of esters is 3. The number of hydrogen-bond donors (Lipinski definition) is 0. The molecule has 0 rings (SSSR count). The van der Waals surface area contributed by atoms with Gasteiger partial charge in [0.05, 0.1) is 0 Å². The van der Waals surface area contributed by atoms with Gasteiger partial charge in [-0.05, 0) is 128 Å². The molecule has 1 unspecified atom stereocenters. The number of unbranched alkanes of at least 4 members (excludes halogenated alkanes) is 24. The van der Waals surface area contributed by atoms with Crippen LogP contribution in [0.5, 0.6) is 0 Å². The summed E-state index contributed by atoms with van der Waals surface area (Å²) in [6.07, 6.45) is 86.3. The molecular weight excluding hydrogens is 925 g/mol. The number of carbonyl (C=O) groups excluding carboxylic acids is 3. The van der Waals surface area contributed by atoms with Crippen LogP contribution in [0.25, 0.3) is 0 Å². The molecule has 6 nitrogen and oxygen atoms in total. The fraction of sp³-hybridized carbons (Fsp3) is 0.667. The van der Waals surface area contributed by atoms with Gasteiger partial charge in [0, 0.05) is 19.3 Å². The van der Waals surface area contributed by atoms with Crippen LogP contribution in [0.15, 0.2) is 122 Å². The summed E-state index contributed by atoms with van der Waals surface area (Å²) >= 11 is 0.